The molecule has 1 aromatic rings. The minimum absolute atomic E-state index is 0.449. The number of hydrogen-bond donors (Lipinski definition) is 0. The number of isocyanates is 1. The third-order valence-corrected chi connectivity index (χ3v) is 1.85. The maximum absolute atomic E-state index is 11.0. The SMILES string of the molecule is CC(Oc1cccc(Cl)c1)C(=O)N=C=O. The van der Waals surface area contributed by atoms with Crippen LogP contribution in [0.15, 0.2) is 29.3 Å². The Morgan fingerprint density at radius 1 is 1.60 bits per heavy atom. The van der Waals surface area contributed by atoms with Crippen LogP contribution < -0.4 is 4.74 Å². The molecule has 0 aliphatic heterocycles. The van der Waals surface area contributed by atoms with Gasteiger partial charge in [-0.05, 0) is 25.1 Å². The lowest BCUT2D eigenvalue weighted by Crippen LogP contribution is -2.21. The normalized spacial score (nSPS) is 11.3. The molecule has 1 aromatic carbocycles. The number of benzene rings is 1. The molecule has 0 saturated carbocycles. The predicted octanol–water partition coefficient (Wildman–Crippen LogP) is 1.97. The van der Waals surface area contributed by atoms with Crippen molar-refractivity contribution in [3.8, 4) is 5.75 Å². The Hall–Kier alpha value is -1.64. The van der Waals surface area contributed by atoms with Gasteiger partial charge in [-0.25, -0.2) is 4.79 Å². The number of carbonyl (C=O) groups excluding carboxylic acids is 2. The van der Waals surface area contributed by atoms with Crippen molar-refractivity contribution >= 4 is 23.6 Å². The zero-order chi connectivity index (χ0) is 11.3. The smallest absolute Gasteiger partial charge is 0.297 e. The monoisotopic (exact) mass is 225 g/mol. The number of carbonyl (C=O) groups is 1. The fourth-order valence-electron chi connectivity index (χ4n) is 0.931. The van der Waals surface area contributed by atoms with E-state index in [1.807, 2.05) is 0 Å². The van der Waals surface area contributed by atoms with Crippen molar-refractivity contribution in [1.29, 1.82) is 0 Å². The topological polar surface area (TPSA) is 55.7 Å². The van der Waals surface area contributed by atoms with Crippen LogP contribution in [0.4, 0.5) is 0 Å². The molecule has 1 atom stereocenters. The first-order valence-corrected chi connectivity index (χ1v) is 4.55. The molecule has 5 heteroatoms. The molecule has 15 heavy (non-hydrogen) atoms. The third-order valence-electron chi connectivity index (χ3n) is 1.61. The molecule has 78 valence electrons. The fourth-order valence-corrected chi connectivity index (χ4v) is 1.11. The molecule has 1 rings (SSSR count). The van der Waals surface area contributed by atoms with E-state index in [1.165, 1.54) is 6.92 Å². The van der Waals surface area contributed by atoms with Crippen molar-refractivity contribution in [3.05, 3.63) is 29.3 Å². The van der Waals surface area contributed by atoms with E-state index in [0.29, 0.717) is 10.8 Å². The van der Waals surface area contributed by atoms with Crippen LogP contribution in [-0.2, 0) is 9.59 Å². The first-order chi connectivity index (χ1) is 7.13. The fraction of sp³-hybridized carbons (Fsp3) is 0.200. The van der Waals surface area contributed by atoms with Gasteiger partial charge in [-0.3, -0.25) is 4.79 Å². The lowest BCUT2D eigenvalue weighted by Gasteiger charge is -2.10. The van der Waals surface area contributed by atoms with Crippen LogP contribution >= 0.6 is 11.6 Å². The summed E-state index contributed by atoms with van der Waals surface area (Å²) in [5.41, 5.74) is 0. The molecular formula is C10H8ClNO3. The van der Waals surface area contributed by atoms with Gasteiger partial charge >= 0.3 is 0 Å². The van der Waals surface area contributed by atoms with Crippen molar-refractivity contribution in [2.75, 3.05) is 0 Å². The van der Waals surface area contributed by atoms with Gasteiger partial charge in [0.25, 0.3) is 5.91 Å². The van der Waals surface area contributed by atoms with E-state index in [1.54, 1.807) is 24.3 Å². The Morgan fingerprint density at radius 2 is 2.33 bits per heavy atom. The summed E-state index contributed by atoms with van der Waals surface area (Å²) in [6.45, 7) is 1.49. The summed E-state index contributed by atoms with van der Waals surface area (Å²) in [4.78, 5) is 23.8. The van der Waals surface area contributed by atoms with Gasteiger partial charge in [0.2, 0.25) is 6.08 Å². The number of ether oxygens (including phenoxy) is 1. The number of aliphatic imine (C=N–C) groups is 1. The molecule has 1 unspecified atom stereocenters. The molecule has 0 bridgehead atoms. The molecule has 0 aliphatic carbocycles. The van der Waals surface area contributed by atoms with Gasteiger partial charge < -0.3 is 4.74 Å². The number of nitrogens with zero attached hydrogens (tertiary/aromatic N) is 1. The molecule has 0 radical (unpaired) electrons. The lowest BCUT2D eigenvalue weighted by molar-refractivity contribution is -0.123. The Labute approximate surface area is 91.5 Å². The van der Waals surface area contributed by atoms with E-state index in [4.69, 9.17) is 16.3 Å². The second-order valence-corrected chi connectivity index (χ2v) is 3.20. The highest BCUT2D eigenvalue weighted by molar-refractivity contribution is 6.30. The van der Waals surface area contributed by atoms with Gasteiger partial charge in [-0.2, -0.15) is 0 Å². The molecule has 0 aromatic heterocycles. The second-order valence-electron chi connectivity index (χ2n) is 2.76. The largest absolute Gasteiger partial charge is 0.481 e. The summed E-state index contributed by atoms with van der Waals surface area (Å²) >= 11 is 5.72. The van der Waals surface area contributed by atoms with Crippen LogP contribution in [0.5, 0.6) is 5.75 Å². The number of amides is 1. The van der Waals surface area contributed by atoms with E-state index in [9.17, 15) is 9.59 Å². The molecule has 0 N–H and O–H groups in total. The maximum atomic E-state index is 11.0. The van der Waals surface area contributed by atoms with Crippen LogP contribution in [-0.4, -0.2) is 18.1 Å². The van der Waals surface area contributed by atoms with Crippen molar-refractivity contribution in [2.24, 2.45) is 4.99 Å². The molecule has 0 fully saturated rings. The van der Waals surface area contributed by atoms with E-state index < -0.39 is 12.0 Å². The maximum Gasteiger partial charge on any atom is 0.297 e. The number of rotatable bonds is 3. The Morgan fingerprint density at radius 3 is 2.93 bits per heavy atom. The highest BCUT2D eigenvalue weighted by atomic mass is 35.5. The van der Waals surface area contributed by atoms with Gasteiger partial charge in [-0.15, -0.1) is 4.99 Å². The van der Waals surface area contributed by atoms with Crippen LogP contribution in [0.1, 0.15) is 6.92 Å². The average molecular weight is 226 g/mol. The summed E-state index contributed by atoms with van der Waals surface area (Å²) < 4.78 is 5.20. The molecular weight excluding hydrogens is 218 g/mol. The van der Waals surface area contributed by atoms with Gasteiger partial charge in [0.05, 0.1) is 0 Å². The summed E-state index contributed by atoms with van der Waals surface area (Å²) in [6.07, 6.45) is 0.336. The van der Waals surface area contributed by atoms with Crippen LogP contribution in [0.3, 0.4) is 0 Å². The summed E-state index contributed by atoms with van der Waals surface area (Å²) in [5, 5.41) is 0.506. The zero-order valence-corrected chi connectivity index (χ0v) is 8.69. The van der Waals surface area contributed by atoms with Crippen LogP contribution in [0.2, 0.25) is 5.02 Å². The Kier molecular flexibility index (Phi) is 4.03. The zero-order valence-electron chi connectivity index (χ0n) is 7.94. The summed E-state index contributed by atoms with van der Waals surface area (Å²) in [6, 6.07) is 6.60. The second kappa shape index (κ2) is 5.29. The van der Waals surface area contributed by atoms with Crippen molar-refractivity contribution in [1.82, 2.24) is 0 Å². The minimum atomic E-state index is -0.829. The number of halogens is 1. The van der Waals surface area contributed by atoms with E-state index in [0.717, 1.165) is 6.08 Å². The quantitative estimate of drug-likeness (QED) is 0.584. The van der Waals surface area contributed by atoms with Gasteiger partial charge in [-0.1, -0.05) is 17.7 Å². The average Bonchev–Trinajstić information content (AvgIpc) is 2.18. The Bertz CT molecular complexity index is 413. The minimum Gasteiger partial charge on any atom is -0.481 e. The van der Waals surface area contributed by atoms with E-state index in [2.05, 4.69) is 4.99 Å². The van der Waals surface area contributed by atoms with E-state index >= 15 is 0 Å². The predicted molar refractivity (Wildman–Crippen MR) is 54.7 cm³/mol. The number of hydrogen-bond acceptors (Lipinski definition) is 3. The van der Waals surface area contributed by atoms with Gasteiger partial charge in [0, 0.05) is 5.02 Å². The van der Waals surface area contributed by atoms with Crippen LogP contribution in [0, 0.1) is 0 Å². The highest BCUT2D eigenvalue weighted by Gasteiger charge is 2.13. The molecule has 4 nitrogen and oxygen atoms in total. The van der Waals surface area contributed by atoms with Crippen molar-refractivity contribution in [2.45, 2.75) is 13.0 Å². The highest BCUT2D eigenvalue weighted by Crippen LogP contribution is 2.18. The van der Waals surface area contributed by atoms with E-state index in [-0.39, 0.29) is 0 Å². The summed E-state index contributed by atoms with van der Waals surface area (Å²) in [5.74, 6) is -0.227. The van der Waals surface area contributed by atoms with Crippen molar-refractivity contribution in [3.63, 3.8) is 0 Å². The molecule has 1 amide bonds. The molecule has 0 aliphatic rings. The van der Waals surface area contributed by atoms with Gasteiger partial charge in [0.1, 0.15) is 5.75 Å². The van der Waals surface area contributed by atoms with Gasteiger partial charge in [0.15, 0.2) is 6.10 Å². The lowest BCUT2D eigenvalue weighted by atomic mass is 10.3. The van der Waals surface area contributed by atoms with Crippen LogP contribution in [0.25, 0.3) is 0 Å². The van der Waals surface area contributed by atoms with Crippen molar-refractivity contribution < 1.29 is 14.3 Å². The summed E-state index contributed by atoms with van der Waals surface area (Å²) in [7, 11) is 0. The standard InChI is InChI=1S/C10H8ClNO3/c1-7(10(14)12-6-13)15-9-4-2-3-8(11)5-9/h2-5,7H,1H3. The third kappa shape index (κ3) is 3.54. The molecule has 0 heterocycles. The first-order valence-electron chi connectivity index (χ1n) is 4.17. The first kappa shape index (κ1) is 11.4. The molecule has 0 spiro atoms. The molecule has 0 saturated heterocycles. The Balaban J connectivity index is 2.70.